The van der Waals surface area contributed by atoms with Crippen molar-refractivity contribution in [3.8, 4) is 0 Å². The zero-order chi connectivity index (χ0) is 29.6. The van der Waals surface area contributed by atoms with E-state index in [-0.39, 0.29) is 30.7 Å². The van der Waals surface area contributed by atoms with Crippen LogP contribution < -0.4 is 10.2 Å². The van der Waals surface area contributed by atoms with Crippen molar-refractivity contribution in [3.05, 3.63) is 70.9 Å². The number of hydrogen-bond acceptors (Lipinski definition) is 6. The van der Waals surface area contributed by atoms with Gasteiger partial charge in [-0.3, -0.25) is 19.6 Å². The number of aryl methyl sites for hydroxylation is 1. The maximum atomic E-state index is 13.7. The number of carbonyl (C=O) groups is 2. The molecule has 1 saturated carbocycles. The third-order valence-corrected chi connectivity index (χ3v) is 10.6. The molecule has 1 aromatic heterocycles. The smallest absolute Gasteiger partial charge is 0.414 e. The Balaban J connectivity index is 1.11. The summed E-state index contributed by atoms with van der Waals surface area (Å²) in [6.45, 7) is 5.26. The summed E-state index contributed by atoms with van der Waals surface area (Å²) in [4.78, 5) is 34.7. The van der Waals surface area contributed by atoms with Crippen LogP contribution in [0.2, 0.25) is 0 Å². The third-order valence-electron chi connectivity index (χ3n) is 10.6. The van der Waals surface area contributed by atoms with Crippen molar-refractivity contribution >= 4 is 28.6 Å². The number of cyclic esters (lactones) is 1. The molecule has 8 nitrogen and oxygen atoms in total. The number of nitrogens with zero attached hydrogens (tertiary/aromatic N) is 3. The van der Waals surface area contributed by atoms with E-state index in [1.165, 1.54) is 30.5 Å². The summed E-state index contributed by atoms with van der Waals surface area (Å²) in [5, 5.41) is 14.2. The van der Waals surface area contributed by atoms with Crippen LogP contribution in [0.1, 0.15) is 78.7 Å². The highest BCUT2D eigenvalue weighted by Gasteiger charge is 2.45. The number of aliphatic hydroxyl groups excluding tert-OH is 1. The van der Waals surface area contributed by atoms with Crippen LogP contribution in [0.5, 0.6) is 0 Å². The number of hydrogen-bond donors (Lipinski definition) is 2. The molecule has 7 rings (SSSR count). The summed E-state index contributed by atoms with van der Waals surface area (Å²) < 4.78 is 5.10. The number of fused-ring (bicyclic) bond motifs is 2. The zero-order valence-electron chi connectivity index (χ0n) is 25.1. The Morgan fingerprint density at radius 2 is 1.98 bits per heavy atom. The fourth-order valence-electron chi connectivity index (χ4n) is 7.44. The molecule has 2 aliphatic carbocycles. The maximum Gasteiger partial charge on any atom is 0.414 e. The Kier molecular flexibility index (Phi) is 7.60. The number of ether oxygens (including phenoxy) is 1. The number of anilines is 1. The predicted molar refractivity (Wildman–Crippen MR) is 166 cm³/mol. The molecule has 3 aromatic rings. The molecule has 2 N–H and O–H groups in total. The molecule has 4 aliphatic rings. The summed E-state index contributed by atoms with van der Waals surface area (Å²) in [5.74, 6) is 0.621. The summed E-state index contributed by atoms with van der Waals surface area (Å²) >= 11 is 0. The lowest BCUT2D eigenvalue weighted by atomic mass is 9.77. The van der Waals surface area contributed by atoms with E-state index in [9.17, 15) is 14.7 Å². The minimum atomic E-state index is -0.328. The molecule has 0 bridgehead atoms. The number of benzene rings is 2. The van der Waals surface area contributed by atoms with Crippen LogP contribution in [-0.4, -0.2) is 65.9 Å². The molecule has 2 aromatic carbocycles. The van der Waals surface area contributed by atoms with E-state index in [0.29, 0.717) is 24.1 Å². The Morgan fingerprint density at radius 1 is 1.14 bits per heavy atom. The highest BCUT2D eigenvalue weighted by molar-refractivity contribution is 5.98. The van der Waals surface area contributed by atoms with Crippen molar-refractivity contribution < 1.29 is 19.4 Å². The van der Waals surface area contributed by atoms with E-state index in [0.717, 1.165) is 73.3 Å². The number of aromatic nitrogens is 1. The fraction of sp³-hybridized carbons (Fsp3) is 0.514. The van der Waals surface area contributed by atoms with Crippen molar-refractivity contribution in [2.75, 3.05) is 37.7 Å². The van der Waals surface area contributed by atoms with Gasteiger partial charge in [0, 0.05) is 34.9 Å². The number of aliphatic hydroxyl groups is 1. The van der Waals surface area contributed by atoms with Crippen LogP contribution in [0.15, 0.2) is 48.5 Å². The molecule has 226 valence electrons. The number of carbonyl (C=O) groups excluding carboxylic acids is 2. The van der Waals surface area contributed by atoms with Crippen molar-refractivity contribution in [1.29, 1.82) is 0 Å². The van der Waals surface area contributed by atoms with E-state index in [2.05, 4.69) is 23.2 Å². The van der Waals surface area contributed by atoms with Gasteiger partial charge in [-0.1, -0.05) is 19.1 Å². The van der Waals surface area contributed by atoms with Crippen molar-refractivity contribution in [2.45, 2.75) is 70.4 Å². The van der Waals surface area contributed by atoms with Crippen molar-refractivity contribution in [1.82, 2.24) is 15.2 Å². The lowest BCUT2D eigenvalue weighted by molar-refractivity contribution is 0.0927. The third kappa shape index (κ3) is 5.75. The summed E-state index contributed by atoms with van der Waals surface area (Å²) in [6, 6.07) is 15.9. The van der Waals surface area contributed by atoms with Crippen LogP contribution in [0.4, 0.5) is 10.5 Å². The minimum absolute atomic E-state index is 0.111. The average Bonchev–Trinajstić information content (AvgIpc) is 3.39. The van der Waals surface area contributed by atoms with E-state index in [4.69, 9.17) is 9.72 Å². The minimum Gasteiger partial charge on any atom is -0.447 e. The summed E-state index contributed by atoms with van der Waals surface area (Å²) in [6.07, 6.45) is 8.51. The summed E-state index contributed by atoms with van der Waals surface area (Å²) in [5.41, 5.74) is 6.43. The van der Waals surface area contributed by atoms with Gasteiger partial charge in [0.25, 0.3) is 5.91 Å². The number of amides is 2. The quantitative estimate of drug-likeness (QED) is 0.350. The van der Waals surface area contributed by atoms with Crippen molar-refractivity contribution in [2.24, 2.45) is 11.3 Å². The van der Waals surface area contributed by atoms with Crippen LogP contribution >= 0.6 is 0 Å². The van der Waals surface area contributed by atoms with Gasteiger partial charge >= 0.3 is 6.09 Å². The van der Waals surface area contributed by atoms with Gasteiger partial charge < -0.3 is 15.2 Å². The Bertz CT molecular complexity index is 1520. The van der Waals surface area contributed by atoms with Crippen LogP contribution in [0.3, 0.4) is 0 Å². The topological polar surface area (TPSA) is 95.0 Å². The van der Waals surface area contributed by atoms with E-state index in [1.807, 2.05) is 42.5 Å². The Morgan fingerprint density at radius 3 is 2.72 bits per heavy atom. The Hall–Kier alpha value is -3.49. The van der Waals surface area contributed by atoms with Gasteiger partial charge in [-0.25, -0.2) is 4.79 Å². The largest absolute Gasteiger partial charge is 0.447 e. The molecule has 3 fully saturated rings. The van der Waals surface area contributed by atoms with Crippen LogP contribution in [-0.2, 0) is 17.6 Å². The highest BCUT2D eigenvalue weighted by atomic mass is 16.6. The SMILES string of the molecule is CC1(C2CCc3nc4ccc(C(=O)N[C@H](CCN5CCC[C@H]5CO)c5ccc(N6CCOC6=O)cc5)cc4cc3C2)CC1. The van der Waals surface area contributed by atoms with Gasteiger partial charge in [0.2, 0.25) is 0 Å². The second-order valence-corrected chi connectivity index (χ2v) is 13.3. The van der Waals surface area contributed by atoms with Crippen LogP contribution in [0.25, 0.3) is 10.9 Å². The molecule has 2 saturated heterocycles. The van der Waals surface area contributed by atoms with Gasteiger partial charge in [-0.2, -0.15) is 0 Å². The molecular formula is C35H42N4O4. The van der Waals surface area contributed by atoms with Gasteiger partial charge in [0.1, 0.15) is 6.61 Å². The highest BCUT2D eigenvalue weighted by Crippen LogP contribution is 2.55. The number of nitrogens with one attached hydrogen (secondary N) is 1. The average molecular weight is 583 g/mol. The zero-order valence-corrected chi connectivity index (χ0v) is 25.1. The normalized spacial score (nSPS) is 23.7. The molecule has 3 atom stereocenters. The first-order chi connectivity index (χ1) is 20.9. The predicted octanol–water partition coefficient (Wildman–Crippen LogP) is 5.41. The first kappa shape index (κ1) is 28.3. The lowest BCUT2D eigenvalue weighted by Gasteiger charge is -2.29. The van der Waals surface area contributed by atoms with Gasteiger partial charge in [-0.05, 0) is 117 Å². The second kappa shape index (κ2) is 11.5. The monoisotopic (exact) mass is 582 g/mol. The number of likely N-dealkylation sites (tertiary alicyclic amines) is 1. The molecule has 3 heterocycles. The van der Waals surface area contributed by atoms with Gasteiger partial charge in [0.05, 0.1) is 24.7 Å². The number of rotatable bonds is 9. The van der Waals surface area contributed by atoms with E-state index >= 15 is 0 Å². The molecule has 0 radical (unpaired) electrons. The van der Waals surface area contributed by atoms with Crippen LogP contribution in [0, 0.1) is 11.3 Å². The molecule has 0 spiro atoms. The van der Waals surface area contributed by atoms with Gasteiger partial charge in [-0.15, -0.1) is 0 Å². The molecule has 43 heavy (non-hydrogen) atoms. The van der Waals surface area contributed by atoms with Crippen molar-refractivity contribution in [3.63, 3.8) is 0 Å². The van der Waals surface area contributed by atoms with Gasteiger partial charge in [0.15, 0.2) is 0 Å². The van der Waals surface area contributed by atoms with E-state index in [1.54, 1.807) is 4.90 Å². The lowest BCUT2D eigenvalue weighted by Crippen LogP contribution is -2.36. The molecule has 2 aliphatic heterocycles. The Labute approximate surface area is 253 Å². The van der Waals surface area contributed by atoms with E-state index < -0.39 is 0 Å². The second-order valence-electron chi connectivity index (χ2n) is 13.3. The first-order valence-electron chi connectivity index (χ1n) is 16.0. The fourth-order valence-corrected chi connectivity index (χ4v) is 7.44. The number of pyridine rings is 1. The molecule has 1 unspecified atom stereocenters. The molecular weight excluding hydrogens is 540 g/mol. The summed E-state index contributed by atoms with van der Waals surface area (Å²) in [7, 11) is 0. The molecule has 8 heteroatoms. The maximum absolute atomic E-state index is 13.7. The molecule has 2 amide bonds. The standard InChI is InChI=1S/C35H42N4O4/c1-35(13-14-35)27-7-11-31-26(21-27)20-25-19-24(6-10-30(25)36-31)33(41)37-32(12-16-38-15-2-3-29(38)22-40)23-4-8-28(9-5-23)39-17-18-43-34(39)42/h4-6,8-10,19-20,27,29,32,40H,2-3,7,11-18,21-22H2,1H3,(H,37,41)/t27?,29-,32+/m0/s1. The first-order valence-corrected chi connectivity index (χ1v) is 16.0.